The number of benzene rings is 4. The fourth-order valence-electron chi connectivity index (χ4n) is 5.81. The van der Waals surface area contributed by atoms with E-state index in [-0.39, 0.29) is 34.4 Å². The highest BCUT2D eigenvalue weighted by molar-refractivity contribution is 14.1. The molecule has 5 rings (SSSR count). The van der Waals surface area contributed by atoms with E-state index in [0.29, 0.717) is 28.0 Å². The number of H-pyrrole nitrogens is 1. The molecule has 0 aliphatic heterocycles. The highest BCUT2D eigenvalue weighted by Gasteiger charge is 2.30. The number of ether oxygens (including phenoxy) is 4. The van der Waals surface area contributed by atoms with Gasteiger partial charge in [-0.15, -0.1) is 0 Å². The summed E-state index contributed by atoms with van der Waals surface area (Å²) in [4.78, 5) is 54.8. The Morgan fingerprint density at radius 2 is 1.57 bits per heavy atom. The number of nitrogens with one attached hydrogen (secondary N) is 3. The molecule has 0 radical (unpaired) electrons. The smallest absolute Gasteiger partial charge is 0.408 e. The van der Waals surface area contributed by atoms with Crippen molar-refractivity contribution in [1.82, 2.24) is 15.6 Å². The molecule has 2 amide bonds. The minimum absolute atomic E-state index is 0.0446. The second-order valence-electron chi connectivity index (χ2n) is 11.9. The Kier molecular flexibility index (Phi) is 13.3. The number of aliphatic carboxylic acids is 1. The first kappa shape index (κ1) is 40.2. The molecule has 0 unspecified atom stereocenters. The van der Waals surface area contributed by atoms with Gasteiger partial charge >= 0.3 is 18.0 Å². The van der Waals surface area contributed by atoms with Gasteiger partial charge in [-0.3, -0.25) is 9.59 Å². The van der Waals surface area contributed by atoms with E-state index in [1.165, 1.54) is 26.4 Å². The van der Waals surface area contributed by atoms with Crippen molar-refractivity contribution in [3.8, 4) is 22.6 Å². The van der Waals surface area contributed by atoms with Gasteiger partial charge in [-0.2, -0.15) is 0 Å². The van der Waals surface area contributed by atoms with Gasteiger partial charge in [0.05, 0.1) is 34.9 Å². The Morgan fingerprint density at radius 1 is 0.889 bits per heavy atom. The molecule has 1 heterocycles. The SMILES string of the molecule is COC(=O)[C@H](N)c1cc(I)c(OC)c(-c2ccc3c(C[C@@H](NC(=O)OCc4ccccc4)C(=O)N[C@@H](C(=O)O)c4cc(Cl)c(OC)c(Cl)c4)c[nH]c3c2)c1. The first-order valence-electron chi connectivity index (χ1n) is 16.2. The molecule has 4 aromatic carbocycles. The third-order valence-electron chi connectivity index (χ3n) is 8.50. The van der Waals surface area contributed by atoms with E-state index in [1.54, 1.807) is 49.7 Å². The second kappa shape index (κ2) is 17.9. The molecule has 282 valence electrons. The second-order valence-corrected chi connectivity index (χ2v) is 13.9. The van der Waals surface area contributed by atoms with Crippen molar-refractivity contribution in [2.75, 3.05) is 21.3 Å². The standard InChI is InChI=1S/C38H35Cl2IN4O9/c1-51-33-25(11-21(14-28(33)41)31(42)37(49)53-3)20-9-10-24-23(17-43-29(24)15-20)16-30(44-38(50)54-18-19-7-5-4-6-8-19)35(46)45-32(36(47)48)22-12-26(39)34(52-2)27(40)13-22/h4-15,17,30-32,43H,16,18,42H2,1-3H3,(H,44,50)(H,45,46)(H,47,48)/t30-,31-,32-/m1/s1. The molecule has 0 aliphatic rings. The molecular formula is C38H35Cl2IN4O9. The van der Waals surface area contributed by atoms with Crippen LogP contribution in [0, 0.1) is 3.57 Å². The van der Waals surface area contributed by atoms with Gasteiger partial charge in [0, 0.05) is 29.1 Å². The average molecular weight is 890 g/mol. The minimum Gasteiger partial charge on any atom is -0.495 e. The Balaban J connectivity index is 1.46. The molecule has 0 spiro atoms. The van der Waals surface area contributed by atoms with Crippen LogP contribution >= 0.6 is 45.8 Å². The number of hydrogen-bond donors (Lipinski definition) is 5. The van der Waals surface area contributed by atoms with Crippen molar-refractivity contribution in [2.45, 2.75) is 31.2 Å². The van der Waals surface area contributed by atoms with Crippen LogP contribution in [0.25, 0.3) is 22.0 Å². The Hall–Kier alpha value is -5.03. The quantitative estimate of drug-likeness (QED) is 0.0592. The van der Waals surface area contributed by atoms with Crippen molar-refractivity contribution in [2.24, 2.45) is 5.73 Å². The number of carboxylic acid groups (broad SMARTS) is 1. The zero-order chi connectivity index (χ0) is 39.1. The lowest BCUT2D eigenvalue weighted by Gasteiger charge is -2.22. The third-order valence-corrected chi connectivity index (χ3v) is 9.86. The van der Waals surface area contributed by atoms with Crippen molar-refractivity contribution in [3.05, 3.63) is 115 Å². The maximum atomic E-state index is 13.9. The summed E-state index contributed by atoms with van der Waals surface area (Å²) in [6.07, 6.45) is 0.732. The molecular weight excluding hydrogens is 854 g/mol. The van der Waals surface area contributed by atoms with E-state index in [2.05, 4.69) is 38.2 Å². The molecule has 0 fully saturated rings. The van der Waals surface area contributed by atoms with Crippen molar-refractivity contribution in [1.29, 1.82) is 0 Å². The monoisotopic (exact) mass is 888 g/mol. The predicted molar refractivity (Wildman–Crippen MR) is 211 cm³/mol. The lowest BCUT2D eigenvalue weighted by atomic mass is 9.97. The van der Waals surface area contributed by atoms with Crippen LogP contribution in [0.4, 0.5) is 4.79 Å². The first-order chi connectivity index (χ1) is 25.8. The number of nitrogens with two attached hydrogens (primary N) is 1. The molecule has 13 nitrogen and oxygen atoms in total. The number of esters is 1. The molecule has 0 aliphatic carbocycles. The van der Waals surface area contributed by atoms with Crippen LogP contribution in [-0.2, 0) is 36.9 Å². The van der Waals surface area contributed by atoms with Gasteiger partial charge in [0.25, 0.3) is 0 Å². The summed E-state index contributed by atoms with van der Waals surface area (Å²) in [5.41, 5.74) is 10.2. The topological polar surface area (TPSA) is 191 Å². The summed E-state index contributed by atoms with van der Waals surface area (Å²) in [6, 6.07) is 16.8. The van der Waals surface area contributed by atoms with Crippen molar-refractivity contribution >= 4 is 80.6 Å². The summed E-state index contributed by atoms with van der Waals surface area (Å²) in [5, 5.41) is 16.0. The summed E-state index contributed by atoms with van der Waals surface area (Å²) >= 11 is 14.7. The van der Waals surface area contributed by atoms with Crippen molar-refractivity contribution in [3.63, 3.8) is 0 Å². The fourth-order valence-corrected chi connectivity index (χ4v) is 7.34. The molecule has 16 heteroatoms. The van der Waals surface area contributed by atoms with Gasteiger partial charge in [-0.05, 0) is 80.7 Å². The van der Waals surface area contributed by atoms with Gasteiger partial charge in [0.15, 0.2) is 11.8 Å². The van der Waals surface area contributed by atoms with Crippen LogP contribution in [-0.4, -0.2) is 61.4 Å². The molecule has 5 aromatic rings. The number of rotatable bonds is 14. The van der Waals surface area contributed by atoms with E-state index in [0.717, 1.165) is 20.1 Å². The number of halogens is 3. The summed E-state index contributed by atoms with van der Waals surface area (Å²) in [7, 11) is 4.17. The van der Waals surface area contributed by atoms with Crippen molar-refractivity contribution < 1.29 is 43.2 Å². The number of methoxy groups -OCH3 is 3. The van der Waals surface area contributed by atoms with E-state index in [1.807, 2.05) is 24.3 Å². The van der Waals surface area contributed by atoms with Crippen LogP contribution in [0.3, 0.4) is 0 Å². The fraction of sp³-hybridized carbons (Fsp3) is 0.211. The summed E-state index contributed by atoms with van der Waals surface area (Å²) in [5.74, 6) is -2.08. The summed E-state index contributed by atoms with van der Waals surface area (Å²) < 4.78 is 21.8. The third kappa shape index (κ3) is 9.18. The van der Waals surface area contributed by atoms with Gasteiger partial charge in [-0.25, -0.2) is 9.59 Å². The largest absolute Gasteiger partial charge is 0.495 e. The van der Waals surface area contributed by atoms with Crippen LogP contribution in [0.2, 0.25) is 10.0 Å². The normalized spacial score (nSPS) is 12.6. The number of aromatic nitrogens is 1. The molecule has 1 aromatic heterocycles. The number of hydrogen-bond acceptors (Lipinski definition) is 9. The molecule has 6 N–H and O–H groups in total. The predicted octanol–water partition coefficient (Wildman–Crippen LogP) is 6.72. The van der Waals surface area contributed by atoms with Crippen LogP contribution in [0.15, 0.2) is 79.0 Å². The summed E-state index contributed by atoms with van der Waals surface area (Å²) in [6.45, 7) is -0.0639. The van der Waals surface area contributed by atoms with Gasteiger partial charge in [0.1, 0.15) is 24.4 Å². The number of aromatic amines is 1. The van der Waals surface area contributed by atoms with E-state index in [4.69, 9.17) is 47.9 Å². The number of carbonyl (C=O) groups is 4. The number of amides is 2. The van der Waals surface area contributed by atoms with Gasteiger partial charge in [-0.1, -0.05) is 65.7 Å². The molecule has 54 heavy (non-hydrogen) atoms. The zero-order valence-electron chi connectivity index (χ0n) is 29.1. The van der Waals surface area contributed by atoms with E-state index >= 15 is 0 Å². The number of alkyl carbamates (subject to hydrolysis) is 1. The average Bonchev–Trinajstić information content (AvgIpc) is 3.56. The first-order valence-corrected chi connectivity index (χ1v) is 18.0. The maximum absolute atomic E-state index is 13.9. The van der Waals surface area contributed by atoms with Gasteiger partial charge in [0.2, 0.25) is 5.91 Å². The van der Waals surface area contributed by atoms with Gasteiger partial charge < -0.3 is 45.4 Å². The molecule has 0 saturated carbocycles. The van der Waals surface area contributed by atoms with Crippen LogP contribution in [0.1, 0.15) is 34.3 Å². The highest BCUT2D eigenvalue weighted by atomic mass is 127. The Bertz CT molecular complexity index is 2180. The highest BCUT2D eigenvalue weighted by Crippen LogP contribution is 2.39. The zero-order valence-corrected chi connectivity index (χ0v) is 32.7. The minimum atomic E-state index is -1.59. The maximum Gasteiger partial charge on any atom is 0.408 e. The molecule has 0 bridgehead atoms. The lowest BCUT2D eigenvalue weighted by Crippen LogP contribution is -2.50. The Morgan fingerprint density at radius 3 is 2.20 bits per heavy atom. The molecule has 3 atom stereocenters. The lowest BCUT2D eigenvalue weighted by molar-refractivity contribution is -0.142. The number of carboxylic acids is 1. The van der Waals surface area contributed by atoms with E-state index < -0.39 is 42.1 Å². The molecule has 0 saturated heterocycles. The van der Waals surface area contributed by atoms with Crippen LogP contribution in [0.5, 0.6) is 11.5 Å². The number of fused-ring (bicyclic) bond motifs is 1. The Labute approximate surface area is 333 Å². The number of carbonyl (C=O) groups excluding carboxylic acids is 3. The van der Waals surface area contributed by atoms with Crippen LogP contribution < -0.4 is 25.8 Å². The van der Waals surface area contributed by atoms with E-state index in [9.17, 15) is 24.3 Å².